The highest BCUT2D eigenvalue weighted by atomic mass is 16.6. The Hall–Kier alpha value is -2.43. The fraction of sp³-hybridized carbons (Fsp3) is 0.476. The van der Waals surface area contributed by atoms with Crippen LogP contribution in [0.2, 0.25) is 0 Å². The van der Waals surface area contributed by atoms with Gasteiger partial charge in [-0.05, 0) is 44.7 Å². The van der Waals surface area contributed by atoms with E-state index in [1.54, 1.807) is 0 Å². The average Bonchev–Trinajstić information content (AvgIpc) is 2.99. The van der Waals surface area contributed by atoms with Crippen LogP contribution in [0.1, 0.15) is 63.4 Å². The first-order valence-corrected chi connectivity index (χ1v) is 9.07. The van der Waals surface area contributed by atoms with E-state index >= 15 is 0 Å². The van der Waals surface area contributed by atoms with Crippen LogP contribution in [0, 0.1) is 0 Å². The molecule has 0 fully saturated rings. The second-order valence-corrected chi connectivity index (χ2v) is 7.48. The molecule has 0 saturated carbocycles. The molecule has 0 amide bonds. The van der Waals surface area contributed by atoms with Crippen LogP contribution in [0.3, 0.4) is 0 Å². The summed E-state index contributed by atoms with van der Waals surface area (Å²) in [4.78, 5) is 16.3. The molecule has 1 heterocycles. The average molecular weight is 356 g/mol. The van der Waals surface area contributed by atoms with Crippen LogP contribution < -0.4 is 0 Å². The van der Waals surface area contributed by atoms with Crippen molar-refractivity contribution in [3.8, 4) is 0 Å². The Morgan fingerprint density at radius 3 is 2.46 bits per heavy atom. The van der Waals surface area contributed by atoms with E-state index in [2.05, 4.69) is 47.9 Å². The lowest BCUT2D eigenvalue weighted by Gasteiger charge is -2.19. The zero-order valence-electron chi connectivity index (χ0n) is 16.2. The second-order valence-electron chi connectivity index (χ2n) is 7.48. The molecular weight excluding hydrogens is 328 g/mol. The molecule has 0 aliphatic heterocycles. The zero-order chi connectivity index (χ0) is 19.2. The number of nitrogens with zero attached hydrogens (tertiary/aromatic N) is 2. The Balaban J connectivity index is 1.91. The molecule has 0 spiro atoms. The van der Waals surface area contributed by atoms with Crippen molar-refractivity contribution in [3.63, 3.8) is 0 Å². The van der Waals surface area contributed by atoms with Gasteiger partial charge in [-0.3, -0.25) is 0 Å². The highest BCUT2D eigenvalue weighted by Gasteiger charge is 2.20. The van der Waals surface area contributed by atoms with Gasteiger partial charge in [0.05, 0.1) is 6.42 Å². The number of unbranched alkanes of at least 4 members (excludes halogenated alkanes) is 1. The Morgan fingerprint density at radius 2 is 1.85 bits per heavy atom. The first-order chi connectivity index (χ1) is 12.3. The molecule has 0 aliphatic rings. The Bertz CT molecular complexity index is 739. The van der Waals surface area contributed by atoms with Gasteiger partial charge in [0, 0.05) is 12.0 Å². The summed E-state index contributed by atoms with van der Waals surface area (Å²) in [6, 6.07) is 8.49. The van der Waals surface area contributed by atoms with Crippen molar-refractivity contribution in [2.75, 3.05) is 0 Å². The molecule has 0 unspecified atom stereocenters. The summed E-state index contributed by atoms with van der Waals surface area (Å²) >= 11 is 0. The van der Waals surface area contributed by atoms with Crippen LogP contribution >= 0.6 is 0 Å². The number of carbonyl (C=O) groups is 1. The van der Waals surface area contributed by atoms with Crippen molar-refractivity contribution in [2.24, 2.45) is 0 Å². The molecule has 0 saturated heterocycles. The third-order valence-corrected chi connectivity index (χ3v) is 3.77. The standard InChI is InChI=1S/C21H28N2O3/c1-6-7-8-16-9-11-17(12-10-16)14-18-22-19(26-23-18)13-15(2)20(24)25-21(3,4)5/h9-12H,2,6-8,13-14H2,1,3-5H3. The minimum absolute atomic E-state index is 0.192. The SMILES string of the molecule is C=C(Cc1nc(Cc2ccc(CCCC)cc2)no1)C(=O)OC(C)(C)C. The van der Waals surface area contributed by atoms with Gasteiger partial charge in [0.25, 0.3) is 0 Å². The lowest BCUT2D eigenvalue weighted by atomic mass is 10.0. The molecule has 2 rings (SSSR count). The van der Waals surface area contributed by atoms with E-state index in [1.807, 2.05) is 20.8 Å². The van der Waals surface area contributed by atoms with Crippen LogP contribution in [0.5, 0.6) is 0 Å². The van der Waals surface area contributed by atoms with E-state index in [1.165, 1.54) is 18.4 Å². The van der Waals surface area contributed by atoms with Gasteiger partial charge in [-0.25, -0.2) is 4.79 Å². The number of ether oxygens (including phenoxy) is 1. The molecule has 0 N–H and O–H groups in total. The van der Waals surface area contributed by atoms with Gasteiger partial charge in [-0.2, -0.15) is 4.98 Å². The minimum atomic E-state index is -0.552. The Kier molecular flexibility index (Phi) is 6.72. The van der Waals surface area contributed by atoms with E-state index in [0.717, 1.165) is 12.0 Å². The van der Waals surface area contributed by atoms with Crippen LogP contribution in [0.15, 0.2) is 40.9 Å². The molecule has 5 nitrogen and oxygen atoms in total. The minimum Gasteiger partial charge on any atom is -0.457 e. The summed E-state index contributed by atoms with van der Waals surface area (Å²) in [5.41, 5.74) is 2.22. The maximum atomic E-state index is 12.0. The number of benzene rings is 1. The predicted molar refractivity (Wildman–Crippen MR) is 101 cm³/mol. The second kappa shape index (κ2) is 8.79. The molecule has 1 aromatic carbocycles. The van der Waals surface area contributed by atoms with Crippen LogP contribution in [-0.2, 0) is 28.8 Å². The van der Waals surface area contributed by atoms with Crippen molar-refractivity contribution >= 4 is 5.97 Å². The van der Waals surface area contributed by atoms with Gasteiger partial charge in [0.15, 0.2) is 5.82 Å². The number of aromatic nitrogens is 2. The molecule has 140 valence electrons. The maximum Gasteiger partial charge on any atom is 0.334 e. The van der Waals surface area contributed by atoms with E-state index in [0.29, 0.717) is 23.7 Å². The lowest BCUT2D eigenvalue weighted by molar-refractivity contribution is -0.150. The third kappa shape index (κ3) is 6.47. The van der Waals surface area contributed by atoms with Gasteiger partial charge in [0.2, 0.25) is 5.89 Å². The first-order valence-electron chi connectivity index (χ1n) is 9.07. The van der Waals surface area contributed by atoms with Crippen molar-refractivity contribution in [3.05, 3.63) is 59.3 Å². The number of esters is 1. The van der Waals surface area contributed by atoms with Gasteiger partial charge >= 0.3 is 5.97 Å². The van der Waals surface area contributed by atoms with Crippen molar-refractivity contribution in [1.29, 1.82) is 0 Å². The molecular formula is C21H28N2O3. The molecule has 5 heteroatoms. The summed E-state index contributed by atoms with van der Waals surface area (Å²) in [6.45, 7) is 11.4. The summed E-state index contributed by atoms with van der Waals surface area (Å²) < 4.78 is 10.5. The number of hydrogen-bond donors (Lipinski definition) is 0. The molecule has 0 aliphatic carbocycles. The van der Waals surface area contributed by atoms with E-state index < -0.39 is 11.6 Å². The van der Waals surface area contributed by atoms with Crippen molar-refractivity contribution < 1.29 is 14.1 Å². The van der Waals surface area contributed by atoms with Crippen molar-refractivity contribution in [2.45, 2.75) is 65.4 Å². The number of hydrogen-bond acceptors (Lipinski definition) is 5. The molecule has 0 atom stereocenters. The van der Waals surface area contributed by atoms with Crippen LogP contribution in [-0.4, -0.2) is 21.7 Å². The van der Waals surface area contributed by atoms with Gasteiger partial charge in [0.1, 0.15) is 5.60 Å². The normalized spacial score (nSPS) is 11.4. The zero-order valence-corrected chi connectivity index (χ0v) is 16.2. The molecule has 1 aromatic heterocycles. The number of rotatable bonds is 8. The number of carbonyl (C=O) groups excluding carboxylic acids is 1. The molecule has 0 radical (unpaired) electrons. The highest BCUT2D eigenvalue weighted by molar-refractivity contribution is 5.88. The number of aryl methyl sites for hydroxylation is 1. The van der Waals surface area contributed by atoms with Gasteiger partial charge in [-0.1, -0.05) is 49.3 Å². The molecule has 2 aromatic rings. The van der Waals surface area contributed by atoms with E-state index in [9.17, 15) is 4.79 Å². The van der Waals surface area contributed by atoms with E-state index in [-0.39, 0.29) is 6.42 Å². The third-order valence-electron chi connectivity index (χ3n) is 3.77. The largest absolute Gasteiger partial charge is 0.457 e. The topological polar surface area (TPSA) is 65.2 Å². The van der Waals surface area contributed by atoms with Crippen molar-refractivity contribution in [1.82, 2.24) is 10.1 Å². The summed E-state index contributed by atoms with van der Waals surface area (Å²) in [7, 11) is 0. The summed E-state index contributed by atoms with van der Waals surface area (Å²) in [5, 5.41) is 3.99. The lowest BCUT2D eigenvalue weighted by Crippen LogP contribution is -2.25. The van der Waals surface area contributed by atoms with E-state index in [4.69, 9.17) is 9.26 Å². The monoisotopic (exact) mass is 356 g/mol. The Morgan fingerprint density at radius 1 is 1.19 bits per heavy atom. The highest BCUT2D eigenvalue weighted by Crippen LogP contribution is 2.15. The predicted octanol–water partition coefficient (Wildman–Crippen LogP) is 4.44. The summed E-state index contributed by atoms with van der Waals surface area (Å²) in [5.74, 6) is 0.522. The quantitative estimate of drug-likeness (QED) is 0.517. The fourth-order valence-corrected chi connectivity index (χ4v) is 2.43. The van der Waals surface area contributed by atoms with Gasteiger partial charge in [-0.15, -0.1) is 0 Å². The molecule has 26 heavy (non-hydrogen) atoms. The fourth-order valence-electron chi connectivity index (χ4n) is 2.43. The smallest absolute Gasteiger partial charge is 0.334 e. The van der Waals surface area contributed by atoms with Gasteiger partial charge < -0.3 is 9.26 Å². The summed E-state index contributed by atoms with van der Waals surface area (Å²) in [6.07, 6.45) is 4.29. The Labute approximate surface area is 155 Å². The van der Waals surface area contributed by atoms with Crippen LogP contribution in [0.25, 0.3) is 0 Å². The maximum absolute atomic E-state index is 12.0. The first kappa shape index (κ1) is 19.9. The molecule has 0 bridgehead atoms. The van der Waals surface area contributed by atoms with Crippen LogP contribution in [0.4, 0.5) is 0 Å².